The number of aromatic nitrogens is 1. The Bertz CT molecular complexity index is 729. The zero-order valence-electron chi connectivity index (χ0n) is 12.1. The number of hydrogen-bond acceptors (Lipinski definition) is 2. The van der Waals surface area contributed by atoms with E-state index in [1.807, 2.05) is 0 Å². The van der Waals surface area contributed by atoms with Crippen molar-refractivity contribution in [3.8, 4) is 0 Å². The highest BCUT2D eigenvalue weighted by Gasteiger charge is 2.05. The van der Waals surface area contributed by atoms with Crippen molar-refractivity contribution < 1.29 is 0 Å². The Balaban J connectivity index is 1.83. The van der Waals surface area contributed by atoms with Crippen molar-refractivity contribution in [1.29, 1.82) is 0 Å². The number of nitrogens with zero attached hydrogens (tertiary/aromatic N) is 1. The monoisotopic (exact) mass is 362 g/mol. The topological polar surface area (TPSA) is 17.0 Å². The lowest BCUT2D eigenvalue weighted by Gasteiger charge is -2.07. The Kier molecular flexibility index (Phi) is 4.78. The Morgan fingerprint density at radius 1 is 1.19 bits per heavy atom. The first-order valence-electron chi connectivity index (χ1n) is 7.29. The molecule has 0 saturated heterocycles. The summed E-state index contributed by atoms with van der Waals surface area (Å²) in [6.07, 6.45) is 3.35. The largest absolute Gasteiger partial charge is 0.342 e. The lowest BCUT2D eigenvalue weighted by molar-refractivity contribution is 0.675. The van der Waals surface area contributed by atoms with Gasteiger partial charge in [0.05, 0.1) is 10.3 Å². The van der Waals surface area contributed by atoms with Crippen molar-refractivity contribution in [1.82, 2.24) is 9.88 Å². The summed E-state index contributed by atoms with van der Waals surface area (Å²) in [5.74, 6) is 0. The van der Waals surface area contributed by atoms with Crippen LogP contribution in [0.2, 0.25) is 0 Å². The zero-order chi connectivity index (χ0) is 14.7. The predicted octanol–water partition coefficient (Wildman–Crippen LogP) is 5.01. The van der Waals surface area contributed by atoms with Crippen LogP contribution in [0.1, 0.15) is 23.8 Å². The second-order valence-electron chi connectivity index (χ2n) is 5.22. The Labute approximate surface area is 137 Å². The molecule has 2 heterocycles. The zero-order valence-corrected chi connectivity index (χ0v) is 14.5. The van der Waals surface area contributed by atoms with Crippen molar-refractivity contribution in [2.75, 3.05) is 6.54 Å². The molecule has 1 N–H and O–H groups in total. The van der Waals surface area contributed by atoms with Crippen LogP contribution >= 0.6 is 27.3 Å². The summed E-state index contributed by atoms with van der Waals surface area (Å²) in [4.78, 5) is 1.37. The van der Waals surface area contributed by atoms with Crippen LogP contribution in [0.15, 0.2) is 46.4 Å². The summed E-state index contributed by atoms with van der Waals surface area (Å²) in [6, 6.07) is 13.2. The summed E-state index contributed by atoms with van der Waals surface area (Å²) < 4.78 is 3.52. The van der Waals surface area contributed by atoms with E-state index in [0.717, 1.165) is 19.6 Å². The number of rotatable bonds is 6. The quantitative estimate of drug-likeness (QED) is 0.609. The van der Waals surface area contributed by atoms with E-state index in [1.165, 1.54) is 31.6 Å². The summed E-state index contributed by atoms with van der Waals surface area (Å²) in [5, 5.41) is 4.78. The van der Waals surface area contributed by atoms with E-state index < -0.39 is 0 Å². The molecule has 2 aromatic heterocycles. The molecule has 0 radical (unpaired) electrons. The van der Waals surface area contributed by atoms with Crippen LogP contribution in [0.4, 0.5) is 0 Å². The fourth-order valence-corrected chi connectivity index (χ4v) is 3.97. The van der Waals surface area contributed by atoms with Gasteiger partial charge >= 0.3 is 0 Å². The normalized spacial score (nSPS) is 11.3. The minimum Gasteiger partial charge on any atom is -0.342 e. The van der Waals surface area contributed by atoms with Gasteiger partial charge in [0.15, 0.2) is 0 Å². The second-order valence-corrected chi connectivity index (χ2v) is 7.77. The third-order valence-electron chi connectivity index (χ3n) is 3.55. The molecule has 0 amide bonds. The van der Waals surface area contributed by atoms with E-state index in [-0.39, 0.29) is 0 Å². The molecule has 0 bridgehead atoms. The first kappa shape index (κ1) is 14.8. The number of halogens is 1. The highest BCUT2D eigenvalue weighted by atomic mass is 79.9. The van der Waals surface area contributed by atoms with Crippen LogP contribution in [0.3, 0.4) is 0 Å². The first-order chi connectivity index (χ1) is 10.3. The maximum atomic E-state index is 3.53. The summed E-state index contributed by atoms with van der Waals surface area (Å²) in [5.41, 5.74) is 2.67. The standard InChI is InChI=1S/C17H19BrN2S/c1-2-8-19-11-13-3-4-14-7-9-20(16(14)10-13)12-15-5-6-17(18)21-15/h3-7,9-10,19H,2,8,11-12H2,1H3. The van der Waals surface area contributed by atoms with Crippen molar-refractivity contribution in [3.63, 3.8) is 0 Å². The molecule has 2 nitrogen and oxygen atoms in total. The van der Waals surface area contributed by atoms with E-state index >= 15 is 0 Å². The molecule has 0 aliphatic rings. The van der Waals surface area contributed by atoms with Gasteiger partial charge in [-0.2, -0.15) is 0 Å². The molecule has 0 fully saturated rings. The third-order valence-corrected chi connectivity index (χ3v) is 5.16. The lowest BCUT2D eigenvalue weighted by atomic mass is 10.1. The van der Waals surface area contributed by atoms with Gasteiger partial charge in [-0.15, -0.1) is 11.3 Å². The van der Waals surface area contributed by atoms with Gasteiger partial charge in [0.2, 0.25) is 0 Å². The average Bonchev–Trinajstić information content (AvgIpc) is 3.07. The minimum atomic E-state index is 0.936. The number of thiophene rings is 1. The molecule has 3 rings (SSSR count). The molecule has 0 spiro atoms. The maximum Gasteiger partial charge on any atom is 0.0702 e. The van der Waals surface area contributed by atoms with E-state index in [9.17, 15) is 0 Å². The van der Waals surface area contributed by atoms with Crippen molar-refractivity contribution in [3.05, 3.63) is 56.8 Å². The van der Waals surface area contributed by atoms with Gasteiger partial charge in [0.25, 0.3) is 0 Å². The molecule has 0 unspecified atom stereocenters. The number of hydrogen-bond donors (Lipinski definition) is 1. The van der Waals surface area contributed by atoms with E-state index in [0.29, 0.717) is 0 Å². The molecule has 0 aliphatic carbocycles. The van der Waals surface area contributed by atoms with Crippen LogP contribution in [-0.2, 0) is 13.1 Å². The Morgan fingerprint density at radius 3 is 2.86 bits per heavy atom. The van der Waals surface area contributed by atoms with Crippen LogP contribution in [-0.4, -0.2) is 11.1 Å². The van der Waals surface area contributed by atoms with Gasteiger partial charge < -0.3 is 9.88 Å². The molecular formula is C17H19BrN2S. The summed E-state index contributed by atoms with van der Waals surface area (Å²) >= 11 is 5.33. The van der Waals surface area contributed by atoms with Gasteiger partial charge in [-0.25, -0.2) is 0 Å². The highest BCUT2D eigenvalue weighted by Crippen LogP contribution is 2.25. The molecule has 3 aromatic rings. The molecule has 4 heteroatoms. The Hall–Kier alpha value is -1.10. The van der Waals surface area contributed by atoms with E-state index in [2.05, 4.69) is 75.3 Å². The molecule has 0 atom stereocenters. The maximum absolute atomic E-state index is 3.53. The third kappa shape index (κ3) is 3.57. The predicted molar refractivity (Wildman–Crippen MR) is 95.1 cm³/mol. The van der Waals surface area contributed by atoms with Gasteiger partial charge in [-0.1, -0.05) is 19.1 Å². The van der Waals surface area contributed by atoms with Crippen LogP contribution in [0, 0.1) is 0 Å². The van der Waals surface area contributed by atoms with Gasteiger partial charge in [-0.3, -0.25) is 0 Å². The van der Waals surface area contributed by atoms with E-state index in [1.54, 1.807) is 11.3 Å². The van der Waals surface area contributed by atoms with Crippen LogP contribution in [0.5, 0.6) is 0 Å². The van der Waals surface area contributed by atoms with Gasteiger partial charge in [0, 0.05) is 23.1 Å². The van der Waals surface area contributed by atoms with E-state index in [4.69, 9.17) is 0 Å². The lowest BCUT2D eigenvalue weighted by Crippen LogP contribution is -2.13. The van der Waals surface area contributed by atoms with Crippen molar-refractivity contribution in [2.45, 2.75) is 26.4 Å². The van der Waals surface area contributed by atoms with Gasteiger partial charge in [-0.05, 0) is 64.1 Å². The molecule has 0 aliphatic heterocycles. The molecule has 110 valence electrons. The van der Waals surface area contributed by atoms with Crippen LogP contribution in [0.25, 0.3) is 10.9 Å². The Morgan fingerprint density at radius 2 is 2.10 bits per heavy atom. The van der Waals surface area contributed by atoms with Crippen LogP contribution < -0.4 is 5.32 Å². The number of nitrogens with one attached hydrogen (secondary N) is 1. The first-order valence-corrected chi connectivity index (χ1v) is 8.90. The molecule has 1 aromatic carbocycles. The fraction of sp³-hybridized carbons (Fsp3) is 0.294. The van der Waals surface area contributed by atoms with Gasteiger partial charge in [0.1, 0.15) is 0 Å². The van der Waals surface area contributed by atoms with Crippen molar-refractivity contribution in [2.24, 2.45) is 0 Å². The SMILES string of the molecule is CCCNCc1ccc2ccn(Cc3ccc(Br)s3)c2c1. The smallest absolute Gasteiger partial charge is 0.0702 e. The molecular weight excluding hydrogens is 344 g/mol. The summed E-state index contributed by atoms with van der Waals surface area (Å²) in [6.45, 7) is 5.15. The molecule has 21 heavy (non-hydrogen) atoms. The highest BCUT2D eigenvalue weighted by molar-refractivity contribution is 9.11. The number of fused-ring (bicyclic) bond motifs is 1. The average molecular weight is 363 g/mol. The second kappa shape index (κ2) is 6.77. The number of benzene rings is 1. The molecule has 0 saturated carbocycles. The minimum absolute atomic E-state index is 0.936. The van der Waals surface area contributed by atoms with Crippen molar-refractivity contribution >= 4 is 38.2 Å². The summed E-state index contributed by atoms with van der Waals surface area (Å²) in [7, 11) is 0. The fourth-order valence-electron chi connectivity index (χ4n) is 2.49.